The van der Waals surface area contributed by atoms with Crippen LogP contribution in [0.1, 0.15) is 5.69 Å². The van der Waals surface area contributed by atoms with Gasteiger partial charge in [0.05, 0.1) is 12.2 Å². The monoisotopic (exact) mass is 201 g/mol. The summed E-state index contributed by atoms with van der Waals surface area (Å²) in [5.41, 5.74) is 1.71. The molecule has 0 spiro atoms. The van der Waals surface area contributed by atoms with E-state index in [1.54, 1.807) is 0 Å². The maximum Gasteiger partial charge on any atom is 0.243 e. The fraction of sp³-hybridized carbons (Fsp3) is 0.0909. The summed E-state index contributed by atoms with van der Waals surface area (Å²) in [6.07, 6.45) is 5.05. The Hall–Kier alpha value is -2.10. The molecule has 1 N–H and O–H groups in total. The van der Waals surface area contributed by atoms with E-state index in [1.807, 2.05) is 35.0 Å². The van der Waals surface area contributed by atoms with Gasteiger partial charge in [-0.15, -0.1) is 0 Å². The van der Waals surface area contributed by atoms with Crippen LogP contribution < -0.4 is 5.32 Å². The number of pyridine rings is 1. The molecule has 0 radical (unpaired) electrons. The normalized spacial score (nSPS) is 10.1. The van der Waals surface area contributed by atoms with Crippen LogP contribution in [0, 0.1) is 0 Å². The minimum Gasteiger partial charge on any atom is -0.347 e. The molecule has 0 aliphatic rings. The Morgan fingerprint density at radius 1 is 1.60 bits per heavy atom. The van der Waals surface area contributed by atoms with Crippen LogP contribution in [0.15, 0.2) is 43.2 Å². The van der Waals surface area contributed by atoms with E-state index in [0.717, 1.165) is 11.3 Å². The maximum absolute atomic E-state index is 10.9. The lowest BCUT2D eigenvalue weighted by atomic mass is 10.4. The van der Waals surface area contributed by atoms with Crippen molar-refractivity contribution >= 4 is 11.6 Å². The lowest BCUT2D eigenvalue weighted by Gasteiger charge is -1.96. The van der Waals surface area contributed by atoms with Crippen LogP contribution in [-0.4, -0.2) is 15.3 Å². The van der Waals surface area contributed by atoms with E-state index in [4.69, 9.17) is 0 Å². The number of carbonyl (C=O) groups is 1. The SMILES string of the molecule is C=CC(=O)NCc1cn2ccccc2n1. The first-order valence-corrected chi connectivity index (χ1v) is 4.62. The van der Waals surface area contributed by atoms with Crippen LogP contribution in [0.3, 0.4) is 0 Å². The highest BCUT2D eigenvalue weighted by molar-refractivity contribution is 5.86. The van der Waals surface area contributed by atoms with E-state index in [1.165, 1.54) is 6.08 Å². The summed E-state index contributed by atoms with van der Waals surface area (Å²) in [6.45, 7) is 3.80. The van der Waals surface area contributed by atoms with Gasteiger partial charge in [-0.1, -0.05) is 12.6 Å². The minimum absolute atomic E-state index is 0.188. The third-order valence-corrected chi connectivity index (χ3v) is 2.04. The van der Waals surface area contributed by atoms with Crippen molar-refractivity contribution in [3.05, 3.63) is 48.9 Å². The summed E-state index contributed by atoms with van der Waals surface area (Å²) in [5, 5.41) is 2.68. The summed E-state index contributed by atoms with van der Waals surface area (Å²) in [4.78, 5) is 15.3. The van der Waals surface area contributed by atoms with Gasteiger partial charge in [0.1, 0.15) is 5.65 Å². The molecule has 0 bridgehead atoms. The van der Waals surface area contributed by atoms with Crippen molar-refractivity contribution in [3.63, 3.8) is 0 Å². The highest BCUT2D eigenvalue weighted by Gasteiger charge is 2.01. The predicted molar refractivity (Wildman–Crippen MR) is 57.2 cm³/mol. The molecule has 4 heteroatoms. The lowest BCUT2D eigenvalue weighted by Crippen LogP contribution is -2.20. The Bertz CT molecular complexity index is 468. The average Bonchev–Trinajstić information content (AvgIpc) is 2.68. The zero-order valence-corrected chi connectivity index (χ0v) is 8.18. The number of fused-ring (bicyclic) bond motifs is 1. The predicted octanol–water partition coefficient (Wildman–Crippen LogP) is 1.14. The quantitative estimate of drug-likeness (QED) is 0.757. The lowest BCUT2D eigenvalue weighted by molar-refractivity contribution is -0.116. The molecule has 0 unspecified atom stereocenters. The maximum atomic E-state index is 10.9. The molecule has 0 aliphatic heterocycles. The van der Waals surface area contributed by atoms with Gasteiger partial charge in [0.2, 0.25) is 5.91 Å². The third kappa shape index (κ3) is 2.04. The Balaban J connectivity index is 2.15. The van der Waals surface area contributed by atoms with Crippen molar-refractivity contribution in [2.75, 3.05) is 0 Å². The van der Waals surface area contributed by atoms with E-state index in [2.05, 4.69) is 16.9 Å². The number of carbonyl (C=O) groups excluding carboxylic acids is 1. The second-order valence-corrected chi connectivity index (χ2v) is 3.12. The summed E-state index contributed by atoms with van der Waals surface area (Å²) in [7, 11) is 0. The van der Waals surface area contributed by atoms with Crippen molar-refractivity contribution in [2.24, 2.45) is 0 Å². The minimum atomic E-state index is -0.188. The van der Waals surface area contributed by atoms with Crippen LogP contribution in [0.25, 0.3) is 5.65 Å². The van der Waals surface area contributed by atoms with Crippen LogP contribution in [-0.2, 0) is 11.3 Å². The van der Waals surface area contributed by atoms with Crippen LogP contribution in [0.5, 0.6) is 0 Å². The number of aromatic nitrogens is 2. The fourth-order valence-electron chi connectivity index (χ4n) is 1.32. The molecule has 2 heterocycles. The summed E-state index contributed by atoms with van der Waals surface area (Å²) >= 11 is 0. The second-order valence-electron chi connectivity index (χ2n) is 3.12. The Kier molecular flexibility index (Phi) is 2.49. The highest BCUT2D eigenvalue weighted by Crippen LogP contribution is 2.03. The first kappa shape index (κ1) is 9.45. The van der Waals surface area contributed by atoms with Gasteiger partial charge in [0.15, 0.2) is 0 Å². The van der Waals surface area contributed by atoms with E-state index in [-0.39, 0.29) is 5.91 Å². The number of nitrogens with one attached hydrogen (secondary N) is 1. The highest BCUT2D eigenvalue weighted by atomic mass is 16.1. The van der Waals surface area contributed by atoms with Gasteiger partial charge in [-0.3, -0.25) is 4.79 Å². The summed E-state index contributed by atoms with van der Waals surface area (Å²) in [6, 6.07) is 5.77. The zero-order valence-electron chi connectivity index (χ0n) is 8.18. The summed E-state index contributed by atoms with van der Waals surface area (Å²) in [5.74, 6) is -0.188. The van der Waals surface area contributed by atoms with Crippen molar-refractivity contribution in [3.8, 4) is 0 Å². The Morgan fingerprint density at radius 2 is 2.47 bits per heavy atom. The first-order valence-electron chi connectivity index (χ1n) is 4.62. The smallest absolute Gasteiger partial charge is 0.243 e. The number of hydrogen-bond donors (Lipinski definition) is 1. The van der Waals surface area contributed by atoms with Crippen molar-refractivity contribution in [1.82, 2.24) is 14.7 Å². The molecule has 0 saturated heterocycles. The molecule has 2 rings (SSSR count). The van der Waals surface area contributed by atoms with Gasteiger partial charge in [-0.05, 0) is 18.2 Å². The van der Waals surface area contributed by atoms with Gasteiger partial charge < -0.3 is 9.72 Å². The molecule has 2 aromatic rings. The molecule has 76 valence electrons. The molecule has 0 aromatic carbocycles. The molecule has 0 atom stereocenters. The standard InChI is InChI=1S/C11H11N3O/c1-2-11(15)12-7-9-8-14-6-4-3-5-10(14)13-9/h2-6,8H,1,7H2,(H,12,15). The second kappa shape index (κ2) is 3.96. The number of rotatable bonds is 3. The number of nitrogens with zero attached hydrogens (tertiary/aromatic N) is 2. The number of amides is 1. The molecule has 15 heavy (non-hydrogen) atoms. The molecule has 4 nitrogen and oxygen atoms in total. The van der Waals surface area contributed by atoms with Crippen LogP contribution in [0.4, 0.5) is 0 Å². The first-order chi connectivity index (χ1) is 7.29. The van der Waals surface area contributed by atoms with Gasteiger partial charge in [-0.25, -0.2) is 4.98 Å². The number of hydrogen-bond acceptors (Lipinski definition) is 2. The molecule has 0 saturated carbocycles. The molecular weight excluding hydrogens is 190 g/mol. The van der Waals surface area contributed by atoms with E-state index >= 15 is 0 Å². The molecule has 1 amide bonds. The topological polar surface area (TPSA) is 46.4 Å². The fourth-order valence-corrected chi connectivity index (χ4v) is 1.32. The van der Waals surface area contributed by atoms with Gasteiger partial charge >= 0.3 is 0 Å². The number of imidazole rings is 1. The van der Waals surface area contributed by atoms with Crippen LogP contribution in [0.2, 0.25) is 0 Å². The van der Waals surface area contributed by atoms with E-state index in [0.29, 0.717) is 6.54 Å². The largest absolute Gasteiger partial charge is 0.347 e. The van der Waals surface area contributed by atoms with Gasteiger partial charge in [0, 0.05) is 12.4 Å². The van der Waals surface area contributed by atoms with E-state index in [9.17, 15) is 4.79 Å². The molecule has 0 aliphatic carbocycles. The Labute approximate surface area is 87.3 Å². The van der Waals surface area contributed by atoms with E-state index < -0.39 is 0 Å². The van der Waals surface area contributed by atoms with Crippen molar-refractivity contribution in [2.45, 2.75) is 6.54 Å². The van der Waals surface area contributed by atoms with Crippen molar-refractivity contribution in [1.29, 1.82) is 0 Å². The van der Waals surface area contributed by atoms with Gasteiger partial charge in [-0.2, -0.15) is 0 Å². The molecule has 0 fully saturated rings. The average molecular weight is 201 g/mol. The third-order valence-electron chi connectivity index (χ3n) is 2.04. The summed E-state index contributed by atoms with van der Waals surface area (Å²) < 4.78 is 1.91. The Morgan fingerprint density at radius 3 is 3.20 bits per heavy atom. The van der Waals surface area contributed by atoms with Gasteiger partial charge in [0.25, 0.3) is 0 Å². The molecular formula is C11H11N3O. The zero-order chi connectivity index (χ0) is 10.7. The van der Waals surface area contributed by atoms with Crippen LogP contribution >= 0.6 is 0 Å². The molecule has 2 aromatic heterocycles. The van der Waals surface area contributed by atoms with Crippen molar-refractivity contribution < 1.29 is 4.79 Å².